The third kappa shape index (κ3) is 1.12. The lowest BCUT2D eigenvalue weighted by molar-refractivity contribution is 0.581. The highest BCUT2D eigenvalue weighted by atomic mass is 32.1. The van der Waals surface area contributed by atoms with Gasteiger partial charge < -0.3 is 10.2 Å². The molecule has 0 saturated carbocycles. The molecule has 2 heterocycles. The third-order valence-corrected chi connectivity index (χ3v) is 2.02. The van der Waals surface area contributed by atoms with Gasteiger partial charge in [0.15, 0.2) is 0 Å². The fourth-order valence-electron chi connectivity index (χ4n) is 0.830. The number of aromatic nitrogens is 1. The Morgan fingerprint density at radius 2 is 2.45 bits per heavy atom. The maximum atomic E-state index is 5.31. The first-order valence-electron chi connectivity index (χ1n) is 3.10. The van der Waals surface area contributed by atoms with E-state index >= 15 is 0 Å². The van der Waals surface area contributed by atoms with E-state index < -0.39 is 0 Å². The van der Waals surface area contributed by atoms with Crippen LogP contribution < -0.4 is 5.73 Å². The molecule has 4 heteroatoms. The topological polar surface area (TPSA) is 52.0 Å². The summed E-state index contributed by atoms with van der Waals surface area (Å²) in [4.78, 5) is 3.97. The summed E-state index contributed by atoms with van der Waals surface area (Å²) in [5.74, 6) is 0. The van der Waals surface area contributed by atoms with Crippen LogP contribution in [0.25, 0.3) is 11.3 Å². The van der Waals surface area contributed by atoms with Crippen molar-refractivity contribution < 1.29 is 4.42 Å². The van der Waals surface area contributed by atoms with Crippen LogP contribution in [-0.2, 0) is 0 Å². The van der Waals surface area contributed by atoms with Crippen LogP contribution in [0.15, 0.2) is 27.5 Å². The fraction of sp³-hybridized carbons (Fsp3) is 0. The van der Waals surface area contributed by atoms with E-state index in [1.807, 2.05) is 16.8 Å². The smallest absolute Gasteiger partial charge is 0.292 e. The molecule has 0 amide bonds. The Hall–Kier alpha value is -1.29. The van der Waals surface area contributed by atoms with E-state index in [2.05, 4.69) is 4.98 Å². The number of hydrogen-bond acceptors (Lipinski definition) is 4. The second kappa shape index (κ2) is 2.39. The molecule has 2 N–H and O–H groups in total. The van der Waals surface area contributed by atoms with E-state index in [1.54, 1.807) is 17.6 Å². The van der Waals surface area contributed by atoms with Gasteiger partial charge in [0, 0.05) is 10.9 Å². The van der Waals surface area contributed by atoms with Gasteiger partial charge in [0.25, 0.3) is 6.01 Å². The van der Waals surface area contributed by atoms with Crippen molar-refractivity contribution in [3.63, 3.8) is 0 Å². The average Bonchev–Trinajstić information content (AvgIpc) is 2.55. The molecule has 0 aromatic carbocycles. The minimum absolute atomic E-state index is 0.214. The quantitative estimate of drug-likeness (QED) is 0.704. The Kier molecular flexibility index (Phi) is 1.40. The molecular formula is C7H6N2OS. The molecule has 0 aliphatic heterocycles. The fourth-order valence-corrected chi connectivity index (χ4v) is 1.48. The zero-order chi connectivity index (χ0) is 7.68. The number of oxazole rings is 1. The summed E-state index contributed by atoms with van der Waals surface area (Å²) in [6.07, 6.45) is 1.55. The second-order valence-corrected chi connectivity index (χ2v) is 2.86. The highest BCUT2D eigenvalue weighted by Crippen LogP contribution is 2.21. The van der Waals surface area contributed by atoms with Crippen LogP contribution in [0.2, 0.25) is 0 Å². The first-order valence-corrected chi connectivity index (χ1v) is 4.04. The molecule has 0 aliphatic rings. The minimum atomic E-state index is 0.214. The van der Waals surface area contributed by atoms with Gasteiger partial charge in [0.05, 0.1) is 0 Å². The standard InChI is InChI=1S/C7H6N2OS/c8-7-9-6(3-10-7)5-1-2-11-4-5/h1-4H,(H2,8,9). The van der Waals surface area contributed by atoms with Gasteiger partial charge in [-0.1, -0.05) is 0 Å². The van der Waals surface area contributed by atoms with Gasteiger partial charge >= 0.3 is 0 Å². The monoisotopic (exact) mass is 166 g/mol. The number of nitrogens with zero attached hydrogens (tertiary/aromatic N) is 1. The summed E-state index contributed by atoms with van der Waals surface area (Å²) in [5.41, 5.74) is 7.16. The first kappa shape index (κ1) is 6.42. The molecule has 3 nitrogen and oxygen atoms in total. The largest absolute Gasteiger partial charge is 0.432 e. The lowest BCUT2D eigenvalue weighted by atomic mass is 10.3. The van der Waals surface area contributed by atoms with Gasteiger partial charge in [-0.3, -0.25) is 0 Å². The van der Waals surface area contributed by atoms with Crippen molar-refractivity contribution in [3.8, 4) is 11.3 Å². The zero-order valence-corrected chi connectivity index (χ0v) is 6.47. The molecule has 2 aromatic rings. The van der Waals surface area contributed by atoms with Gasteiger partial charge in [-0.25, -0.2) is 0 Å². The molecule has 0 aliphatic carbocycles. The zero-order valence-electron chi connectivity index (χ0n) is 5.65. The predicted octanol–water partition coefficient (Wildman–Crippen LogP) is 1.99. The van der Waals surface area contributed by atoms with Crippen LogP contribution in [0.1, 0.15) is 0 Å². The highest BCUT2D eigenvalue weighted by Gasteiger charge is 2.02. The SMILES string of the molecule is Nc1nc(-c2ccsc2)co1. The molecule has 0 atom stereocenters. The molecule has 0 fully saturated rings. The number of rotatable bonds is 1. The van der Waals surface area contributed by atoms with Crippen molar-refractivity contribution in [2.75, 3.05) is 5.73 Å². The Balaban J connectivity index is 2.45. The van der Waals surface area contributed by atoms with Gasteiger partial charge in [-0.2, -0.15) is 16.3 Å². The van der Waals surface area contributed by atoms with Crippen LogP contribution in [0.3, 0.4) is 0 Å². The van der Waals surface area contributed by atoms with Crippen molar-refractivity contribution in [2.45, 2.75) is 0 Å². The van der Waals surface area contributed by atoms with E-state index in [-0.39, 0.29) is 6.01 Å². The lowest BCUT2D eigenvalue weighted by Gasteiger charge is -1.82. The molecule has 0 bridgehead atoms. The molecule has 0 spiro atoms. The second-order valence-electron chi connectivity index (χ2n) is 2.08. The molecule has 11 heavy (non-hydrogen) atoms. The molecule has 0 saturated heterocycles. The van der Waals surface area contributed by atoms with Gasteiger partial charge in [0.1, 0.15) is 12.0 Å². The molecule has 0 unspecified atom stereocenters. The summed E-state index contributed by atoms with van der Waals surface area (Å²) in [5, 5.41) is 3.98. The van der Waals surface area contributed by atoms with Crippen molar-refractivity contribution >= 4 is 17.4 Å². The maximum Gasteiger partial charge on any atom is 0.292 e. The molecule has 0 radical (unpaired) electrons. The normalized spacial score (nSPS) is 10.2. The molecule has 56 valence electrons. The van der Waals surface area contributed by atoms with Gasteiger partial charge in [-0.15, -0.1) is 0 Å². The van der Waals surface area contributed by atoms with E-state index in [1.165, 1.54) is 0 Å². The van der Waals surface area contributed by atoms with Crippen molar-refractivity contribution in [1.82, 2.24) is 4.98 Å². The summed E-state index contributed by atoms with van der Waals surface area (Å²) >= 11 is 1.62. The highest BCUT2D eigenvalue weighted by molar-refractivity contribution is 7.08. The third-order valence-electron chi connectivity index (χ3n) is 1.34. The number of nitrogens with two attached hydrogens (primary N) is 1. The van der Waals surface area contributed by atoms with E-state index in [4.69, 9.17) is 10.2 Å². The number of nitrogen functional groups attached to an aromatic ring is 1. The van der Waals surface area contributed by atoms with Crippen LogP contribution in [0.4, 0.5) is 6.01 Å². The van der Waals surface area contributed by atoms with E-state index in [0.29, 0.717) is 0 Å². The molecule has 2 aromatic heterocycles. The number of thiophene rings is 1. The van der Waals surface area contributed by atoms with E-state index in [0.717, 1.165) is 11.3 Å². The Labute approximate surface area is 67.5 Å². The van der Waals surface area contributed by atoms with Crippen LogP contribution in [0, 0.1) is 0 Å². The number of anilines is 1. The Morgan fingerprint density at radius 1 is 1.55 bits per heavy atom. The van der Waals surface area contributed by atoms with Crippen LogP contribution in [-0.4, -0.2) is 4.98 Å². The summed E-state index contributed by atoms with van der Waals surface area (Å²) in [6, 6.07) is 2.19. The maximum absolute atomic E-state index is 5.31. The van der Waals surface area contributed by atoms with Gasteiger partial charge in [-0.05, 0) is 11.4 Å². The predicted molar refractivity (Wildman–Crippen MR) is 44.2 cm³/mol. The summed E-state index contributed by atoms with van der Waals surface area (Å²) in [6.45, 7) is 0. The lowest BCUT2D eigenvalue weighted by Crippen LogP contribution is -1.82. The Bertz CT molecular complexity index is 339. The molecular weight excluding hydrogens is 160 g/mol. The van der Waals surface area contributed by atoms with Crippen LogP contribution >= 0.6 is 11.3 Å². The summed E-state index contributed by atoms with van der Waals surface area (Å²) in [7, 11) is 0. The minimum Gasteiger partial charge on any atom is -0.432 e. The van der Waals surface area contributed by atoms with Gasteiger partial charge in [0.2, 0.25) is 0 Å². The number of hydrogen-bond donors (Lipinski definition) is 1. The van der Waals surface area contributed by atoms with Crippen molar-refractivity contribution in [3.05, 3.63) is 23.1 Å². The first-order chi connectivity index (χ1) is 5.36. The van der Waals surface area contributed by atoms with Crippen LogP contribution in [0.5, 0.6) is 0 Å². The average molecular weight is 166 g/mol. The Morgan fingerprint density at radius 3 is 3.00 bits per heavy atom. The van der Waals surface area contributed by atoms with E-state index in [9.17, 15) is 0 Å². The summed E-state index contributed by atoms with van der Waals surface area (Å²) < 4.78 is 4.86. The van der Waals surface area contributed by atoms with Crippen molar-refractivity contribution in [2.24, 2.45) is 0 Å². The molecule has 2 rings (SSSR count). The van der Waals surface area contributed by atoms with Crippen molar-refractivity contribution in [1.29, 1.82) is 0 Å².